The highest BCUT2D eigenvalue weighted by Crippen LogP contribution is 2.28. The van der Waals surface area contributed by atoms with Gasteiger partial charge in [-0.15, -0.1) is 0 Å². The maximum absolute atomic E-state index is 12.1. The normalized spacial score (nSPS) is 10.4. The second-order valence-electron chi connectivity index (χ2n) is 4.54. The topological polar surface area (TPSA) is 103 Å². The van der Waals surface area contributed by atoms with Crippen molar-refractivity contribution in [1.82, 2.24) is 5.43 Å². The summed E-state index contributed by atoms with van der Waals surface area (Å²) in [5, 5.41) is 4.16. The number of esters is 1. The fraction of sp³-hybridized carbons (Fsp3) is 0.0625. The van der Waals surface area contributed by atoms with Gasteiger partial charge in [-0.2, -0.15) is 5.10 Å². The fourth-order valence-corrected chi connectivity index (χ4v) is 1.89. The van der Waals surface area contributed by atoms with Crippen molar-refractivity contribution < 1.29 is 19.1 Å². The summed E-state index contributed by atoms with van der Waals surface area (Å²) in [6.07, 6.45) is 1.37. The van der Waals surface area contributed by atoms with E-state index in [2.05, 4.69) is 10.5 Å². The Bertz CT molecular complexity index is 775. The Balaban J connectivity index is 2.15. The largest absolute Gasteiger partial charge is 0.493 e. The molecule has 2 amide bonds. The number of amides is 2. The van der Waals surface area contributed by atoms with Crippen molar-refractivity contribution in [1.29, 1.82) is 0 Å². The van der Waals surface area contributed by atoms with Gasteiger partial charge in [0.25, 0.3) is 0 Å². The summed E-state index contributed by atoms with van der Waals surface area (Å²) < 4.78 is 10.5. The molecule has 0 spiro atoms. The third kappa shape index (κ3) is 4.72. The lowest BCUT2D eigenvalue weighted by molar-refractivity contribution is 0.0729. The van der Waals surface area contributed by atoms with Crippen LogP contribution in [0, 0.1) is 0 Å². The Morgan fingerprint density at radius 3 is 2.50 bits per heavy atom. The van der Waals surface area contributed by atoms with Gasteiger partial charge in [0.15, 0.2) is 11.5 Å². The van der Waals surface area contributed by atoms with Crippen LogP contribution >= 0.6 is 11.6 Å². The van der Waals surface area contributed by atoms with Crippen molar-refractivity contribution in [3.05, 3.63) is 58.6 Å². The number of nitrogens with one attached hydrogen (secondary N) is 1. The highest BCUT2D eigenvalue weighted by atomic mass is 35.5. The summed E-state index contributed by atoms with van der Waals surface area (Å²) in [5.41, 5.74) is 7.95. The van der Waals surface area contributed by atoms with Gasteiger partial charge >= 0.3 is 12.0 Å². The Kier molecular flexibility index (Phi) is 5.75. The minimum Gasteiger partial charge on any atom is -0.493 e. The smallest absolute Gasteiger partial charge is 0.343 e. The first-order valence-corrected chi connectivity index (χ1v) is 7.11. The number of carbonyl (C=O) groups excluding carboxylic acids is 2. The SMILES string of the molecule is COc1cc(/C=N\NC(N)=O)ccc1OC(=O)c1ccc(Cl)cc1. The minimum atomic E-state index is -0.772. The number of hydrazone groups is 1. The van der Waals surface area contributed by atoms with Crippen molar-refractivity contribution in [2.24, 2.45) is 10.8 Å². The van der Waals surface area contributed by atoms with Crippen LogP contribution in [0.25, 0.3) is 0 Å². The molecule has 0 saturated carbocycles. The number of benzene rings is 2. The van der Waals surface area contributed by atoms with Gasteiger partial charge in [0.1, 0.15) is 0 Å². The van der Waals surface area contributed by atoms with Crippen molar-refractivity contribution >= 4 is 29.8 Å². The molecule has 0 radical (unpaired) electrons. The highest BCUT2D eigenvalue weighted by molar-refractivity contribution is 6.30. The second-order valence-corrected chi connectivity index (χ2v) is 4.98. The number of rotatable bonds is 5. The molecule has 2 aromatic rings. The number of hydrogen-bond acceptors (Lipinski definition) is 5. The maximum Gasteiger partial charge on any atom is 0.343 e. The first kappa shape index (κ1) is 17.3. The summed E-state index contributed by atoms with van der Waals surface area (Å²) in [7, 11) is 1.44. The van der Waals surface area contributed by atoms with Crippen molar-refractivity contribution in [2.45, 2.75) is 0 Å². The molecule has 0 bridgehead atoms. The molecule has 0 aromatic heterocycles. The number of nitrogens with two attached hydrogens (primary N) is 1. The zero-order chi connectivity index (χ0) is 17.5. The van der Waals surface area contributed by atoms with Gasteiger partial charge < -0.3 is 15.2 Å². The molecule has 24 heavy (non-hydrogen) atoms. The quantitative estimate of drug-likeness (QED) is 0.375. The van der Waals surface area contributed by atoms with E-state index in [1.54, 1.807) is 42.5 Å². The van der Waals surface area contributed by atoms with Crippen LogP contribution in [-0.2, 0) is 0 Å². The predicted molar refractivity (Wildman–Crippen MR) is 89.7 cm³/mol. The number of methoxy groups -OCH3 is 1. The average molecular weight is 348 g/mol. The van der Waals surface area contributed by atoms with Crippen LogP contribution in [0.2, 0.25) is 5.02 Å². The van der Waals surface area contributed by atoms with E-state index in [4.69, 9.17) is 26.8 Å². The molecule has 2 aromatic carbocycles. The summed E-state index contributed by atoms with van der Waals surface area (Å²) in [6, 6.07) is 10.3. The van der Waals surface area contributed by atoms with Crippen LogP contribution in [0.5, 0.6) is 11.5 Å². The second kappa shape index (κ2) is 7.98. The Hall–Kier alpha value is -3.06. The Labute approximate surface area is 143 Å². The predicted octanol–water partition coefficient (Wildman–Crippen LogP) is 2.57. The first-order chi connectivity index (χ1) is 11.5. The van der Waals surface area contributed by atoms with E-state index in [1.165, 1.54) is 13.3 Å². The minimum absolute atomic E-state index is 0.248. The van der Waals surface area contributed by atoms with E-state index >= 15 is 0 Å². The van der Waals surface area contributed by atoms with E-state index in [9.17, 15) is 9.59 Å². The van der Waals surface area contributed by atoms with Crippen molar-refractivity contribution in [2.75, 3.05) is 7.11 Å². The molecule has 3 N–H and O–H groups in total. The lowest BCUT2D eigenvalue weighted by Crippen LogP contribution is -2.24. The van der Waals surface area contributed by atoms with Gasteiger partial charge in [0, 0.05) is 5.02 Å². The molecule has 0 unspecified atom stereocenters. The van der Waals surface area contributed by atoms with Crippen LogP contribution in [0.15, 0.2) is 47.6 Å². The van der Waals surface area contributed by atoms with E-state index in [1.807, 2.05) is 0 Å². The van der Waals surface area contributed by atoms with Gasteiger partial charge in [-0.05, 0) is 48.0 Å². The molecular weight excluding hydrogens is 334 g/mol. The van der Waals surface area contributed by atoms with E-state index in [-0.39, 0.29) is 5.75 Å². The number of carbonyl (C=O) groups is 2. The molecule has 0 aliphatic carbocycles. The molecule has 7 nitrogen and oxygen atoms in total. The molecule has 0 aliphatic rings. The van der Waals surface area contributed by atoms with E-state index in [0.29, 0.717) is 21.9 Å². The van der Waals surface area contributed by atoms with Gasteiger partial charge in [-0.3, -0.25) is 0 Å². The molecule has 124 valence electrons. The van der Waals surface area contributed by atoms with E-state index < -0.39 is 12.0 Å². The zero-order valence-electron chi connectivity index (χ0n) is 12.7. The number of halogens is 1. The molecule has 2 rings (SSSR count). The highest BCUT2D eigenvalue weighted by Gasteiger charge is 2.12. The number of urea groups is 1. The standard InChI is InChI=1S/C16H14ClN3O4/c1-23-14-8-10(9-19-20-16(18)22)2-7-13(14)24-15(21)11-3-5-12(17)6-4-11/h2-9H,1H3,(H3,18,20,22)/b19-9-. The molecule has 0 heterocycles. The number of hydrogen-bond donors (Lipinski definition) is 2. The molecule has 8 heteroatoms. The molecule has 0 saturated heterocycles. The van der Waals surface area contributed by atoms with Crippen LogP contribution in [0.4, 0.5) is 4.79 Å². The number of ether oxygens (including phenoxy) is 2. The van der Waals surface area contributed by atoms with Gasteiger partial charge in [-0.1, -0.05) is 11.6 Å². The number of primary amides is 1. The van der Waals surface area contributed by atoms with Gasteiger partial charge in [0.05, 0.1) is 18.9 Å². The third-order valence-corrected chi connectivity index (χ3v) is 3.11. The fourth-order valence-electron chi connectivity index (χ4n) is 1.76. The van der Waals surface area contributed by atoms with Crippen LogP contribution < -0.4 is 20.6 Å². The number of nitrogens with zero attached hydrogens (tertiary/aromatic N) is 1. The summed E-state index contributed by atoms with van der Waals surface area (Å²) in [6.45, 7) is 0. The van der Waals surface area contributed by atoms with Gasteiger partial charge in [0.2, 0.25) is 0 Å². The lowest BCUT2D eigenvalue weighted by Gasteiger charge is -2.10. The summed E-state index contributed by atoms with van der Waals surface area (Å²) >= 11 is 5.78. The molecular formula is C16H14ClN3O4. The van der Waals surface area contributed by atoms with Crippen molar-refractivity contribution in [3.63, 3.8) is 0 Å². The summed E-state index contributed by atoms with van der Waals surface area (Å²) in [5.74, 6) is 0.0413. The molecule has 0 atom stereocenters. The third-order valence-electron chi connectivity index (χ3n) is 2.86. The van der Waals surface area contributed by atoms with Crippen LogP contribution in [0.1, 0.15) is 15.9 Å². The Morgan fingerprint density at radius 1 is 1.17 bits per heavy atom. The zero-order valence-corrected chi connectivity index (χ0v) is 13.4. The monoisotopic (exact) mass is 347 g/mol. The first-order valence-electron chi connectivity index (χ1n) is 6.74. The Morgan fingerprint density at radius 2 is 1.88 bits per heavy atom. The van der Waals surface area contributed by atoms with Crippen LogP contribution in [-0.4, -0.2) is 25.3 Å². The molecule has 0 fully saturated rings. The lowest BCUT2D eigenvalue weighted by atomic mass is 10.2. The maximum atomic E-state index is 12.1. The van der Waals surface area contributed by atoms with E-state index in [0.717, 1.165) is 0 Å². The van der Waals surface area contributed by atoms with Gasteiger partial charge in [-0.25, -0.2) is 15.0 Å². The average Bonchev–Trinajstić information content (AvgIpc) is 2.56. The van der Waals surface area contributed by atoms with Crippen molar-refractivity contribution in [3.8, 4) is 11.5 Å². The van der Waals surface area contributed by atoms with Crippen LogP contribution in [0.3, 0.4) is 0 Å². The summed E-state index contributed by atoms with van der Waals surface area (Å²) in [4.78, 5) is 22.7. The molecule has 0 aliphatic heterocycles.